The molecule has 0 aromatic heterocycles. The van der Waals surface area contributed by atoms with Gasteiger partial charge in [-0.2, -0.15) is 0 Å². The van der Waals surface area contributed by atoms with E-state index in [1.165, 1.54) is 6.92 Å². The molecular weight excluding hydrogens is 182 g/mol. The summed E-state index contributed by atoms with van der Waals surface area (Å²) in [5.41, 5.74) is 0. The Bertz CT molecular complexity index is 209. The zero-order valence-electron chi connectivity index (χ0n) is 8.54. The van der Waals surface area contributed by atoms with Gasteiger partial charge in [0.15, 0.2) is 0 Å². The number of ketones is 1. The third-order valence-corrected chi connectivity index (χ3v) is 2.29. The van der Waals surface area contributed by atoms with Crippen molar-refractivity contribution < 1.29 is 14.3 Å². The highest BCUT2D eigenvalue weighted by Crippen LogP contribution is 2.06. The molecule has 1 amide bonds. The van der Waals surface area contributed by atoms with Gasteiger partial charge in [-0.3, -0.25) is 4.79 Å². The van der Waals surface area contributed by atoms with Crippen LogP contribution in [0, 0.1) is 0 Å². The molecule has 1 heterocycles. The summed E-state index contributed by atoms with van der Waals surface area (Å²) in [4.78, 5) is 22.0. The predicted molar refractivity (Wildman–Crippen MR) is 51.9 cm³/mol. The lowest BCUT2D eigenvalue weighted by atomic mass is 10.1. The van der Waals surface area contributed by atoms with Gasteiger partial charge in [0, 0.05) is 32.1 Å². The first-order chi connectivity index (χ1) is 6.68. The van der Waals surface area contributed by atoms with Crippen LogP contribution in [0.1, 0.15) is 32.6 Å². The van der Waals surface area contributed by atoms with E-state index < -0.39 is 0 Å². The Morgan fingerprint density at radius 3 is 2.50 bits per heavy atom. The Morgan fingerprint density at radius 1 is 1.29 bits per heavy atom. The molecule has 1 fully saturated rings. The molecule has 1 aliphatic rings. The molecule has 80 valence electrons. The molecule has 4 heteroatoms. The maximum Gasteiger partial charge on any atom is 0.220 e. The molecule has 0 unspecified atom stereocenters. The number of amides is 1. The fraction of sp³-hybridized carbons (Fsp3) is 0.800. The third-order valence-electron chi connectivity index (χ3n) is 2.29. The van der Waals surface area contributed by atoms with Crippen LogP contribution in [0.25, 0.3) is 0 Å². The molecule has 0 spiro atoms. The summed E-state index contributed by atoms with van der Waals surface area (Å²) in [6.45, 7) is 2.94. The average Bonchev–Trinajstić information content (AvgIpc) is 2.16. The van der Waals surface area contributed by atoms with E-state index in [-0.39, 0.29) is 17.7 Å². The van der Waals surface area contributed by atoms with Gasteiger partial charge < -0.3 is 14.8 Å². The average molecular weight is 199 g/mol. The number of nitrogens with one attached hydrogen (secondary N) is 1. The van der Waals surface area contributed by atoms with Crippen LogP contribution in [0.15, 0.2) is 0 Å². The minimum absolute atomic E-state index is 0.0212. The van der Waals surface area contributed by atoms with Gasteiger partial charge in [0.2, 0.25) is 5.91 Å². The van der Waals surface area contributed by atoms with E-state index in [4.69, 9.17) is 4.74 Å². The van der Waals surface area contributed by atoms with E-state index in [1.54, 1.807) is 0 Å². The molecule has 1 saturated heterocycles. The smallest absolute Gasteiger partial charge is 0.220 e. The van der Waals surface area contributed by atoms with Crippen molar-refractivity contribution in [3.8, 4) is 0 Å². The largest absolute Gasteiger partial charge is 0.381 e. The number of rotatable bonds is 4. The topological polar surface area (TPSA) is 55.4 Å². The van der Waals surface area contributed by atoms with Crippen molar-refractivity contribution >= 4 is 11.7 Å². The number of hydrogen-bond acceptors (Lipinski definition) is 3. The number of Topliss-reactive ketones (excluding diaryl/α,β-unsaturated/α-hetero) is 1. The number of carbonyl (C=O) groups excluding carboxylic acids is 2. The van der Waals surface area contributed by atoms with Gasteiger partial charge in [0.05, 0.1) is 0 Å². The van der Waals surface area contributed by atoms with Gasteiger partial charge >= 0.3 is 0 Å². The highest BCUT2D eigenvalue weighted by Gasteiger charge is 2.15. The summed E-state index contributed by atoms with van der Waals surface area (Å²) >= 11 is 0. The first kappa shape index (κ1) is 11.2. The van der Waals surface area contributed by atoms with Crippen molar-refractivity contribution in [3.63, 3.8) is 0 Å². The van der Waals surface area contributed by atoms with Gasteiger partial charge in [-0.15, -0.1) is 0 Å². The van der Waals surface area contributed by atoms with Gasteiger partial charge in [-0.05, 0) is 19.8 Å². The third kappa shape index (κ3) is 4.37. The van der Waals surface area contributed by atoms with Gasteiger partial charge in [0.25, 0.3) is 0 Å². The van der Waals surface area contributed by atoms with Crippen molar-refractivity contribution in [1.29, 1.82) is 0 Å². The first-order valence-electron chi connectivity index (χ1n) is 5.05. The van der Waals surface area contributed by atoms with E-state index in [1.807, 2.05) is 0 Å². The molecule has 0 aromatic rings. The standard InChI is InChI=1S/C10H17NO3/c1-8(12)2-3-10(13)11-9-4-6-14-7-5-9/h9H,2-7H2,1H3,(H,11,13). The Kier molecular flexibility index (Phi) is 4.59. The van der Waals surface area contributed by atoms with Crippen molar-refractivity contribution in [1.82, 2.24) is 5.32 Å². The van der Waals surface area contributed by atoms with E-state index >= 15 is 0 Å². The van der Waals surface area contributed by atoms with Gasteiger partial charge in [0.1, 0.15) is 5.78 Å². The van der Waals surface area contributed by atoms with Crippen LogP contribution >= 0.6 is 0 Å². The minimum atomic E-state index is -0.0212. The summed E-state index contributed by atoms with van der Waals surface area (Å²) in [5, 5.41) is 2.90. The van der Waals surface area contributed by atoms with Crippen molar-refractivity contribution in [2.24, 2.45) is 0 Å². The van der Waals surface area contributed by atoms with Crippen LogP contribution in [0.3, 0.4) is 0 Å². The molecule has 0 bridgehead atoms. The molecule has 0 aromatic carbocycles. The lowest BCUT2D eigenvalue weighted by Gasteiger charge is -2.22. The molecule has 1 rings (SSSR count). The fourth-order valence-corrected chi connectivity index (χ4v) is 1.43. The van der Waals surface area contributed by atoms with Crippen LogP contribution in [0.5, 0.6) is 0 Å². The van der Waals surface area contributed by atoms with Crippen LogP contribution in [0.2, 0.25) is 0 Å². The van der Waals surface area contributed by atoms with Crippen LogP contribution in [0.4, 0.5) is 0 Å². The molecule has 0 radical (unpaired) electrons. The number of ether oxygens (including phenoxy) is 1. The predicted octanol–water partition coefficient (Wildman–Crippen LogP) is 0.651. The maximum absolute atomic E-state index is 11.3. The fourth-order valence-electron chi connectivity index (χ4n) is 1.43. The minimum Gasteiger partial charge on any atom is -0.381 e. The molecule has 0 saturated carbocycles. The lowest BCUT2D eigenvalue weighted by molar-refractivity contribution is -0.125. The second kappa shape index (κ2) is 5.75. The zero-order valence-corrected chi connectivity index (χ0v) is 8.54. The highest BCUT2D eigenvalue weighted by molar-refractivity contribution is 5.83. The van der Waals surface area contributed by atoms with E-state index in [0.717, 1.165) is 26.1 Å². The summed E-state index contributed by atoms with van der Waals surface area (Å²) in [6, 6.07) is 0.239. The monoisotopic (exact) mass is 199 g/mol. The summed E-state index contributed by atoms with van der Waals surface area (Å²) < 4.78 is 5.17. The number of carbonyl (C=O) groups is 2. The zero-order chi connectivity index (χ0) is 10.4. The molecule has 14 heavy (non-hydrogen) atoms. The van der Waals surface area contributed by atoms with Crippen LogP contribution in [-0.2, 0) is 14.3 Å². The van der Waals surface area contributed by atoms with Crippen molar-refractivity contribution in [3.05, 3.63) is 0 Å². The Hall–Kier alpha value is -0.900. The highest BCUT2D eigenvalue weighted by atomic mass is 16.5. The molecular formula is C10H17NO3. The molecule has 4 nitrogen and oxygen atoms in total. The van der Waals surface area contributed by atoms with Gasteiger partial charge in [-0.1, -0.05) is 0 Å². The molecule has 1 N–H and O–H groups in total. The van der Waals surface area contributed by atoms with E-state index in [2.05, 4.69) is 5.32 Å². The van der Waals surface area contributed by atoms with Crippen LogP contribution < -0.4 is 5.32 Å². The van der Waals surface area contributed by atoms with E-state index in [9.17, 15) is 9.59 Å². The first-order valence-corrected chi connectivity index (χ1v) is 5.05. The lowest BCUT2D eigenvalue weighted by Crippen LogP contribution is -2.38. The second-order valence-electron chi connectivity index (χ2n) is 3.66. The summed E-state index contributed by atoms with van der Waals surface area (Å²) in [7, 11) is 0. The maximum atomic E-state index is 11.3. The quantitative estimate of drug-likeness (QED) is 0.723. The Balaban J connectivity index is 2.15. The SMILES string of the molecule is CC(=O)CCC(=O)NC1CCOCC1. The molecule has 0 atom stereocenters. The van der Waals surface area contributed by atoms with E-state index in [0.29, 0.717) is 12.8 Å². The Labute approximate surface area is 84.0 Å². The van der Waals surface area contributed by atoms with Crippen molar-refractivity contribution in [2.75, 3.05) is 13.2 Å². The summed E-state index contributed by atoms with van der Waals surface area (Å²) in [6.07, 6.45) is 2.42. The Morgan fingerprint density at radius 2 is 1.93 bits per heavy atom. The second-order valence-corrected chi connectivity index (χ2v) is 3.66. The number of hydrogen-bond donors (Lipinski definition) is 1. The molecule has 1 aliphatic heterocycles. The van der Waals surface area contributed by atoms with Crippen molar-refractivity contribution in [2.45, 2.75) is 38.6 Å². The normalized spacial score (nSPS) is 17.8. The summed E-state index contributed by atoms with van der Waals surface area (Å²) in [5.74, 6) is 0.0410. The van der Waals surface area contributed by atoms with Crippen LogP contribution in [-0.4, -0.2) is 30.9 Å². The van der Waals surface area contributed by atoms with Gasteiger partial charge in [-0.25, -0.2) is 0 Å². The molecule has 0 aliphatic carbocycles.